The quantitative estimate of drug-likeness (QED) is 0.668. The van der Waals surface area contributed by atoms with E-state index in [1.165, 1.54) is 0 Å². The van der Waals surface area contributed by atoms with Crippen molar-refractivity contribution in [1.82, 2.24) is 10.6 Å². The monoisotopic (exact) mass is 238 g/mol. The van der Waals surface area contributed by atoms with E-state index in [1.807, 2.05) is 32.0 Å². The Hall–Kier alpha value is -1.75. The lowest BCUT2D eigenvalue weighted by atomic mass is 10.1. The van der Waals surface area contributed by atoms with Gasteiger partial charge in [-0.15, -0.1) is 0 Å². The maximum absolute atomic E-state index is 11.1. The van der Waals surface area contributed by atoms with Gasteiger partial charge in [-0.25, -0.2) is 4.79 Å². The molecule has 0 bridgehead atoms. The average Bonchev–Trinajstić information content (AvgIpc) is 2.32. The molecule has 0 fully saturated rings. The van der Waals surface area contributed by atoms with Crippen molar-refractivity contribution < 1.29 is 14.6 Å². The lowest BCUT2D eigenvalue weighted by Gasteiger charge is -2.11. The highest BCUT2D eigenvalue weighted by Crippen LogP contribution is 2.19. The van der Waals surface area contributed by atoms with Crippen LogP contribution in [0.4, 0.5) is 4.79 Å². The summed E-state index contributed by atoms with van der Waals surface area (Å²) in [6.45, 7) is 4.22. The van der Waals surface area contributed by atoms with E-state index in [2.05, 4.69) is 10.6 Å². The van der Waals surface area contributed by atoms with E-state index in [1.54, 1.807) is 0 Å². The van der Waals surface area contributed by atoms with Crippen molar-refractivity contribution in [1.29, 1.82) is 0 Å². The fourth-order valence-corrected chi connectivity index (χ4v) is 1.29. The zero-order valence-electron chi connectivity index (χ0n) is 10.1. The number of aliphatic hydroxyl groups excluding tert-OH is 1. The third-order valence-corrected chi connectivity index (χ3v) is 2.41. The number of urea groups is 1. The standard InChI is InChI=1S/C12H18N2O3/c1-9-4-3-5-11(10(9)2)17-8-14-12(16)13-6-7-15/h3-5,15H,6-8H2,1-2H3,(H2,13,14,16). The molecule has 1 aromatic carbocycles. The van der Waals surface area contributed by atoms with Crippen molar-refractivity contribution in [2.24, 2.45) is 0 Å². The zero-order chi connectivity index (χ0) is 12.7. The fourth-order valence-electron chi connectivity index (χ4n) is 1.29. The van der Waals surface area contributed by atoms with Gasteiger partial charge < -0.3 is 20.5 Å². The predicted octanol–water partition coefficient (Wildman–Crippen LogP) is 0.931. The molecule has 0 aliphatic rings. The molecule has 5 nitrogen and oxygen atoms in total. The van der Waals surface area contributed by atoms with Gasteiger partial charge in [0.05, 0.1) is 6.61 Å². The van der Waals surface area contributed by atoms with Crippen LogP contribution >= 0.6 is 0 Å². The van der Waals surface area contributed by atoms with Gasteiger partial charge in [0.15, 0.2) is 6.73 Å². The summed E-state index contributed by atoms with van der Waals surface area (Å²) in [7, 11) is 0. The molecule has 0 aliphatic carbocycles. The van der Waals surface area contributed by atoms with Crippen LogP contribution in [-0.2, 0) is 0 Å². The smallest absolute Gasteiger partial charge is 0.317 e. The van der Waals surface area contributed by atoms with Gasteiger partial charge in [-0.1, -0.05) is 12.1 Å². The minimum absolute atomic E-state index is 0.0781. The Morgan fingerprint density at radius 2 is 2.12 bits per heavy atom. The Balaban J connectivity index is 2.36. The molecular formula is C12H18N2O3. The van der Waals surface area contributed by atoms with Crippen molar-refractivity contribution in [3.8, 4) is 5.75 Å². The first kappa shape index (κ1) is 13.3. The zero-order valence-corrected chi connectivity index (χ0v) is 10.1. The molecule has 0 saturated heterocycles. The van der Waals surface area contributed by atoms with Crippen LogP contribution in [0.1, 0.15) is 11.1 Å². The van der Waals surface area contributed by atoms with Gasteiger partial charge in [0.2, 0.25) is 0 Å². The van der Waals surface area contributed by atoms with E-state index >= 15 is 0 Å². The highest BCUT2D eigenvalue weighted by Gasteiger charge is 2.02. The van der Waals surface area contributed by atoms with Gasteiger partial charge >= 0.3 is 6.03 Å². The first-order chi connectivity index (χ1) is 8.15. The number of aryl methyl sites for hydroxylation is 1. The van der Waals surface area contributed by atoms with Crippen molar-refractivity contribution in [2.45, 2.75) is 13.8 Å². The minimum Gasteiger partial charge on any atom is -0.473 e. The second kappa shape index (κ2) is 6.75. The third kappa shape index (κ3) is 4.32. The Kier molecular flexibility index (Phi) is 5.29. The summed E-state index contributed by atoms with van der Waals surface area (Å²) < 4.78 is 5.43. The van der Waals surface area contributed by atoms with Crippen molar-refractivity contribution in [3.63, 3.8) is 0 Å². The molecule has 0 heterocycles. The first-order valence-electron chi connectivity index (χ1n) is 5.46. The number of rotatable bonds is 5. The van der Waals surface area contributed by atoms with Gasteiger partial charge in [-0.2, -0.15) is 0 Å². The maximum Gasteiger partial charge on any atom is 0.317 e. The van der Waals surface area contributed by atoms with E-state index in [-0.39, 0.29) is 25.9 Å². The van der Waals surface area contributed by atoms with Crippen LogP contribution in [-0.4, -0.2) is 31.0 Å². The van der Waals surface area contributed by atoms with Crippen LogP contribution < -0.4 is 15.4 Å². The van der Waals surface area contributed by atoms with E-state index in [0.717, 1.165) is 16.9 Å². The minimum atomic E-state index is -0.357. The molecule has 0 spiro atoms. The molecule has 0 atom stereocenters. The van der Waals surface area contributed by atoms with E-state index in [9.17, 15) is 4.79 Å². The van der Waals surface area contributed by atoms with Gasteiger partial charge in [0.1, 0.15) is 5.75 Å². The molecule has 1 rings (SSSR count). The molecule has 0 radical (unpaired) electrons. The summed E-state index contributed by atoms with van der Waals surface area (Å²) in [5.74, 6) is 0.757. The molecule has 0 unspecified atom stereocenters. The van der Waals surface area contributed by atoms with Crippen LogP contribution in [0.5, 0.6) is 5.75 Å². The van der Waals surface area contributed by atoms with Crippen LogP contribution in [0.25, 0.3) is 0 Å². The Labute approximate surface area is 101 Å². The molecule has 0 aromatic heterocycles. The molecular weight excluding hydrogens is 220 g/mol. The van der Waals surface area contributed by atoms with Gasteiger partial charge in [0.25, 0.3) is 0 Å². The summed E-state index contributed by atoms with van der Waals surface area (Å²) in [6, 6.07) is 5.41. The summed E-state index contributed by atoms with van der Waals surface area (Å²) >= 11 is 0. The summed E-state index contributed by atoms with van der Waals surface area (Å²) in [4.78, 5) is 11.1. The molecule has 1 aromatic rings. The summed E-state index contributed by atoms with van der Waals surface area (Å²) in [5.41, 5.74) is 2.21. The Morgan fingerprint density at radius 1 is 1.35 bits per heavy atom. The maximum atomic E-state index is 11.1. The molecule has 17 heavy (non-hydrogen) atoms. The van der Waals surface area contributed by atoms with Gasteiger partial charge in [-0.3, -0.25) is 0 Å². The summed E-state index contributed by atoms with van der Waals surface area (Å²) in [5, 5.41) is 13.5. The van der Waals surface area contributed by atoms with Crippen LogP contribution in [0.3, 0.4) is 0 Å². The van der Waals surface area contributed by atoms with Gasteiger partial charge in [-0.05, 0) is 31.0 Å². The topological polar surface area (TPSA) is 70.6 Å². The number of nitrogens with one attached hydrogen (secondary N) is 2. The number of carbonyl (C=O) groups is 1. The van der Waals surface area contributed by atoms with Crippen LogP contribution in [0.15, 0.2) is 18.2 Å². The van der Waals surface area contributed by atoms with E-state index in [0.29, 0.717) is 0 Å². The molecule has 0 saturated carbocycles. The second-order valence-electron chi connectivity index (χ2n) is 3.64. The number of hydrogen-bond acceptors (Lipinski definition) is 3. The number of carbonyl (C=O) groups excluding carboxylic acids is 1. The number of amides is 2. The lowest BCUT2D eigenvalue weighted by molar-refractivity contribution is 0.219. The first-order valence-corrected chi connectivity index (χ1v) is 5.46. The summed E-state index contributed by atoms with van der Waals surface area (Å²) in [6.07, 6.45) is 0. The Morgan fingerprint density at radius 3 is 2.82 bits per heavy atom. The molecule has 3 N–H and O–H groups in total. The second-order valence-corrected chi connectivity index (χ2v) is 3.64. The molecule has 94 valence electrons. The lowest BCUT2D eigenvalue weighted by Crippen LogP contribution is -2.38. The highest BCUT2D eigenvalue weighted by atomic mass is 16.5. The van der Waals surface area contributed by atoms with Crippen LogP contribution in [0.2, 0.25) is 0 Å². The normalized spacial score (nSPS) is 9.82. The van der Waals surface area contributed by atoms with Crippen molar-refractivity contribution in [2.75, 3.05) is 19.9 Å². The molecule has 5 heteroatoms. The van der Waals surface area contributed by atoms with E-state index in [4.69, 9.17) is 9.84 Å². The largest absolute Gasteiger partial charge is 0.473 e. The molecule has 2 amide bonds. The van der Waals surface area contributed by atoms with Crippen molar-refractivity contribution >= 4 is 6.03 Å². The van der Waals surface area contributed by atoms with Crippen LogP contribution in [0, 0.1) is 13.8 Å². The number of aliphatic hydroxyl groups is 1. The average molecular weight is 238 g/mol. The SMILES string of the molecule is Cc1cccc(OCNC(=O)NCCO)c1C. The predicted molar refractivity (Wildman–Crippen MR) is 65.0 cm³/mol. The van der Waals surface area contributed by atoms with E-state index < -0.39 is 0 Å². The number of hydrogen-bond donors (Lipinski definition) is 3. The fraction of sp³-hybridized carbons (Fsp3) is 0.417. The number of ether oxygens (including phenoxy) is 1. The van der Waals surface area contributed by atoms with Crippen molar-refractivity contribution in [3.05, 3.63) is 29.3 Å². The number of benzene rings is 1. The van der Waals surface area contributed by atoms with Gasteiger partial charge in [0, 0.05) is 6.54 Å². The third-order valence-electron chi connectivity index (χ3n) is 2.41. The highest BCUT2D eigenvalue weighted by molar-refractivity contribution is 5.73. The molecule has 0 aliphatic heterocycles. The Bertz CT molecular complexity index is 380.